The monoisotopic (exact) mass is 1280 g/mol. The van der Waals surface area contributed by atoms with Crippen molar-refractivity contribution in [3.8, 4) is 110 Å². The van der Waals surface area contributed by atoms with Gasteiger partial charge in [0.1, 0.15) is 38.1 Å². The third kappa shape index (κ3) is 10.1. The van der Waals surface area contributed by atoms with E-state index in [0.29, 0.717) is 13.0 Å². The summed E-state index contributed by atoms with van der Waals surface area (Å²) in [5, 5.41) is 6.34. The van der Waals surface area contributed by atoms with Crippen LogP contribution in [0.15, 0.2) is 289 Å². The second-order valence-corrected chi connectivity index (χ2v) is 27.6. The first-order valence-corrected chi connectivity index (χ1v) is 34.5. The number of allylic oxidation sites excluding steroid dienone is 1. The van der Waals surface area contributed by atoms with Crippen molar-refractivity contribution < 1.29 is 4.42 Å². The predicted octanol–water partition coefficient (Wildman–Crippen LogP) is 21.7. The number of benzene rings is 10. The molecular formula is C83H58N8OS3. The number of nitrogens with zero attached hydrogens (tertiary/aromatic N) is 8. The molecule has 10 aromatic carbocycles. The molecule has 0 amide bonds. The fraction of sp³-hybridized carbons (Fsp3) is 0.0723. The molecular weight excluding hydrogens is 1220 g/mol. The SMILES string of the molecule is Cn1c(-c2ccccc2)cnc1-c1cccc(-c2ccc3c(c2)c2cc(-c4cccc(-c5ncc(-c6ccccc6)n5C)c4)ccc2n3C2C=C(C3=NCC(c4ccccc4)S3)c3oc4c(-c5ncc(-c6ccccc6)s5)cc(-c5ncc(-c6ccccc6)s5)cc4c3C2)c1. The lowest BCUT2D eigenvalue weighted by molar-refractivity contribution is 0.570. The van der Waals surface area contributed by atoms with E-state index >= 15 is 0 Å². The molecule has 1 aliphatic carbocycles. The highest BCUT2D eigenvalue weighted by molar-refractivity contribution is 8.15. The van der Waals surface area contributed by atoms with Crippen molar-refractivity contribution in [2.75, 3.05) is 6.54 Å². The summed E-state index contributed by atoms with van der Waals surface area (Å²) in [7, 11) is 4.21. The van der Waals surface area contributed by atoms with Gasteiger partial charge in [0.15, 0.2) is 0 Å². The first kappa shape index (κ1) is 56.7. The fourth-order valence-electron chi connectivity index (χ4n) is 14.0. The third-order valence-electron chi connectivity index (χ3n) is 18.7. The summed E-state index contributed by atoms with van der Waals surface area (Å²) in [4.78, 5) is 28.0. The number of thiazole rings is 2. The maximum atomic E-state index is 7.50. The third-order valence-corrected chi connectivity index (χ3v) is 22.2. The Labute approximate surface area is 561 Å². The molecule has 0 saturated carbocycles. The number of hydrogen-bond acceptors (Lipinski definition) is 9. The van der Waals surface area contributed by atoms with E-state index in [9.17, 15) is 0 Å². The molecule has 18 rings (SSSR count). The van der Waals surface area contributed by atoms with E-state index in [0.717, 1.165) is 164 Å². The van der Waals surface area contributed by atoms with E-state index in [1.54, 1.807) is 22.7 Å². The van der Waals surface area contributed by atoms with Crippen LogP contribution in [0.2, 0.25) is 0 Å². The standard InChI is InChI=1S/C83H58N8OS3/c1-89-72(51-20-8-3-9-21-51)46-84-79(89)60-32-18-30-56(38-60)58-34-36-70-64(40-58)65-41-59(57-31-19-33-61(39-57)80-85-47-73(90(80)2)52-22-10-4-11-23-52)35-37-71(65)91(70)63-44-67-66-42-62(81-86-48-74(93-81)53-24-12-5-13-25-53)43-68(82-87-49-75(94-82)54-26-14-6-15-27-54)77(66)92-78(67)69(45-63)83-88-50-76(95-83)55-28-16-7-17-29-55/h3-43,45-49,63,76H,44,50H2,1-2H3. The normalized spacial score (nSPS) is 14.6. The maximum absolute atomic E-state index is 7.50. The van der Waals surface area contributed by atoms with Crippen molar-refractivity contribution in [1.29, 1.82) is 0 Å². The van der Waals surface area contributed by atoms with Gasteiger partial charge in [-0.15, -0.1) is 22.7 Å². The molecule has 0 bridgehead atoms. The molecule has 0 N–H and O–H groups in total. The number of aromatic nitrogens is 7. The highest BCUT2D eigenvalue weighted by Crippen LogP contribution is 2.51. The summed E-state index contributed by atoms with van der Waals surface area (Å²) in [6.45, 7) is 0.665. The van der Waals surface area contributed by atoms with Crippen molar-refractivity contribution >= 4 is 77.8 Å². The Morgan fingerprint density at radius 3 is 1.45 bits per heavy atom. The van der Waals surface area contributed by atoms with E-state index in [2.05, 4.69) is 283 Å². The van der Waals surface area contributed by atoms with Gasteiger partial charge in [0.25, 0.3) is 0 Å². The molecule has 0 radical (unpaired) electrons. The Morgan fingerprint density at radius 1 is 0.421 bits per heavy atom. The molecule has 2 aliphatic rings. The zero-order valence-electron chi connectivity index (χ0n) is 51.8. The zero-order valence-corrected chi connectivity index (χ0v) is 54.3. The second kappa shape index (κ2) is 23.5. The van der Waals surface area contributed by atoms with Crippen LogP contribution in [0.1, 0.15) is 28.2 Å². The Hall–Kier alpha value is -11.0. The lowest BCUT2D eigenvalue weighted by Crippen LogP contribution is -2.16. The highest BCUT2D eigenvalue weighted by Gasteiger charge is 2.35. The average Bonchev–Trinajstić information content (AvgIpc) is 1.57. The molecule has 0 saturated heterocycles. The van der Waals surface area contributed by atoms with Gasteiger partial charge in [-0.3, -0.25) is 4.99 Å². The van der Waals surface area contributed by atoms with Gasteiger partial charge in [0.2, 0.25) is 0 Å². The molecule has 1 aliphatic heterocycles. The maximum Gasteiger partial charge on any atom is 0.145 e. The Balaban J connectivity index is 0.819. The van der Waals surface area contributed by atoms with Gasteiger partial charge < -0.3 is 18.1 Å². The Morgan fingerprint density at radius 2 is 0.895 bits per heavy atom. The Bertz CT molecular complexity index is 5490. The van der Waals surface area contributed by atoms with E-state index < -0.39 is 0 Å². The van der Waals surface area contributed by atoms with Crippen molar-refractivity contribution in [3.05, 3.63) is 296 Å². The highest BCUT2D eigenvalue weighted by atomic mass is 32.2. The zero-order chi connectivity index (χ0) is 63.1. The predicted molar refractivity (Wildman–Crippen MR) is 395 cm³/mol. The summed E-state index contributed by atoms with van der Waals surface area (Å²) in [6, 6.07) is 89.0. The topological polar surface area (TPSA) is 91.8 Å². The van der Waals surface area contributed by atoms with Gasteiger partial charge in [-0.25, -0.2) is 19.9 Å². The first-order valence-electron chi connectivity index (χ1n) is 31.9. The first-order chi connectivity index (χ1) is 46.9. The molecule has 7 heterocycles. The van der Waals surface area contributed by atoms with Gasteiger partial charge in [-0.05, 0) is 105 Å². The van der Waals surface area contributed by atoms with Gasteiger partial charge >= 0.3 is 0 Å². The number of fused-ring (bicyclic) bond motifs is 6. The lowest BCUT2D eigenvalue weighted by atomic mass is 9.91. The minimum absolute atomic E-state index is 0.159. The van der Waals surface area contributed by atoms with Crippen LogP contribution in [0.25, 0.3) is 148 Å². The summed E-state index contributed by atoms with van der Waals surface area (Å²) >= 11 is 5.23. The molecule has 2 unspecified atom stereocenters. The van der Waals surface area contributed by atoms with Gasteiger partial charge in [-0.2, -0.15) is 0 Å². The number of rotatable bonds is 13. The van der Waals surface area contributed by atoms with Crippen LogP contribution in [0.5, 0.6) is 0 Å². The summed E-state index contributed by atoms with van der Waals surface area (Å²) in [6.07, 6.45) is 11.1. The van der Waals surface area contributed by atoms with E-state index in [1.807, 2.05) is 36.5 Å². The molecule has 2 atom stereocenters. The molecule has 9 nitrogen and oxygen atoms in total. The number of hydrogen-bond donors (Lipinski definition) is 0. The summed E-state index contributed by atoms with van der Waals surface area (Å²) in [5.41, 5.74) is 21.7. The van der Waals surface area contributed by atoms with Crippen LogP contribution in [-0.2, 0) is 20.5 Å². The average molecular weight is 1280 g/mol. The smallest absolute Gasteiger partial charge is 0.145 e. The van der Waals surface area contributed by atoms with Crippen molar-refractivity contribution in [1.82, 2.24) is 33.6 Å². The van der Waals surface area contributed by atoms with Gasteiger partial charge in [0, 0.05) is 87.9 Å². The van der Waals surface area contributed by atoms with E-state index in [-0.39, 0.29) is 11.3 Å². The number of furan rings is 1. The van der Waals surface area contributed by atoms with E-state index in [4.69, 9.17) is 29.3 Å². The van der Waals surface area contributed by atoms with Crippen LogP contribution in [0, 0.1) is 0 Å². The molecule has 12 heteroatoms. The van der Waals surface area contributed by atoms with Crippen LogP contribution < -0.4 is 0 Å². The lowest BCUT2D eigenvalue weighted by Gasteiger charge is -2.24. The number of aliphatic imine (C=N–C) groups is 1. The summed E-state index contributed by atoms with van der Waals surface area (Å²) < 4.78 is 14.5. The fourth-order valence-corrected chi connectivity index (χ4v) is 17.0. The minimum atomic E-state index is -0.161. The van der Waals surface area contributed by atoms with Crippen molar-refractivity contribution in [2.45, 2.75) is 17.7 Å². The van der Waals surface area contributed by atoms with Gasteiger partial charge in [-0.1, -0.05) is 212 Å². The van der Waals surface area contributed by atoms with Crippen molar-refractivity contribution in [2.24, 2.45) is 19.1 Å². The second-order valence-electron chi connectivity index (χ2n) is 24.4. The molecule has 454 valence electrons. The Kier molecular flexibility index (Phi) is 14.0. The van der Waals surface area contributed by atoms with Crippen molar-refractivity contribution in [3.63, 3.8) is 0 Å². The van der Waals surface area contributed by atoms with Gasteiger partial charge in [0.05, 0.1) is 56.9 Å². The molecule has 0 spiro atoms. The van der Waals surface area contributed by atoms with Crippen LogP contribution in [-0.4, -0.2) is 45.2 Å². The van der Waals surface area contributed by atoms with Crippen LogP contribution in [0.4, 0.5) is 0 Å². The number of imidazole rings is 2. The van der Waals surface area contributed by atoms with Crippen LogP contribution in [0.3, 0.4) is 0 Å². The quantitative estimate of drug-likeness (QED) is 0.114. The molecule has 16 aromatic rings. The molecule has 6 aromatic heterocycles. The number of thioether (sulfide) groups is 1. The summed E-state index contributed by atoms with van der Waals surface area (Å²) in [5.74, 6) is 2.68. The largest absolute Gasteiger partial charge is 0.455 e. The molecule has 95 heavy (non-hydrogen) atoms. The molecule has 0 fully saturated rings. The minimum Gasteiger partial charge on any atom is -0.455 e. The van der Waals surface area contributed by atoms with Crippen LogP contribution >= 0.6 is 34.4 Å². The van der Waals surface area contributed by atoms with E-state index in [1.165, 1.54) is 5.56 Å².